The second-order valence-electron chi connectivity index (χ2n) is 4.37. The quantitative estimate of drug-likeness (QED) is 0.807. The van der Waals surface area contributed by atoms with E-state index < -0.39 is 22.5 Å². The molecule has 2 rings (SSSR count). The summed E-state index contributed by atoms with van der Waals surface area (Å²) in [5, 5.41) is 0. The Morgan fingerprint density at radius 1 is 1.14 bits per heavy atom. The second-order valence-corrected chi connectivity index (χ2v) is 6.71. The molecule has 112 valence electrons. The van der Waals surface area contributed by atoms with Crippen molar-refractivity contribution < 1.29 is 17.4 Å². The summed E-state index contributed by atoms with van der Waals surface area (Å²) in [7, 11) is -1.50. The van der Waals surface area contributed by atoms with Crippen molar-refractivity contribution in [1.29, 1.82) is 0 Å². The third kappa shape index (κ3) is 4.07. The third-order valence-corrected chi connectivity index (χ3v) is 4.72. The van der Waals surface area contributed by atoms with Gasteiger partial charge in [0, 0.05) is 10.2 Å². The van der Waals surface area contributed by atoms with Crippen LogP contribution in [0.2, 0.25) is 0 Å². The SMILES string of the molecule is Nc1cc(C(F)(F)F)ccc1S(=O)Cc1cccc(Br)c1. The molecule has 0 bridgehead atoms. The number of nitrogens with two attached hydrogens (primary N) is 1. The lowest BCUT2D eigenvalue weighted by Gasteiger charge is -2.11. The van der Waals surface area contributed by atoms with Gasteiger partial charge < -0.3 is 5.73 Å². The van der Waals surface area contributed by atoms with E-state index in [1.54, 1.807) is 18.2 Å². The van der Waals surface area contributed by atoms with Crippen LogP contribution in [-0.2, 0) is 22.7 Å². The first-order chi connectivity index (χ1) is 9.77. The number of hydrogen-bond donors (Lipinski definition) is 1. The van der Waals surface area contributed by atoms with Gasteiger partial charge >= 0.3 is 6.18 Å². The van der Waals surface area contributed by atoms with Crippen molar-refractivity contribution in [3.05, 3.63) is 58.1 Å². The Kier molecular flexibility index (Phi) is 4.73. The third-order valence-electron chi connectivity index (χ3n) is 2.77. The molecule has 0 heterocycles. The smallest absolute Gasteiger partial charge is 0.398 e. The lowest BCUT2D eigenvalue weighted by Crippen LogP contribution is -2.08. The first kappa shape index (κ1) is 16.0. The molecule has 0 amide bonds. The fourth-order valence-corrected chi connectivity index (χ4v) is 3.41. The lowest BCUT2D eigenvalue weighted by atomic mass is 10.2. The maximum atomic E-state index is 12.6. The van der Waals surface area contributed by atoms with Gasteiger partial charge in [0.05, 0.1) is 27.0 Å². The zero-order chi connectivity index (χ0) is 15.6. The molecule has 0 radical (unpaired) electrons. The molecule has 2 aromatic carbocycles. The Morgan fingerprint density at radius 3 is 2.43 bits per heavy atom. The molecule has 0 aliphatic heterocycles. The highest BCUT2D eigenvalue weighted by atomic mass is 79.9. The summed E-state index contributed by atoms with van der Waals surface area (Å²) in [6, 6.07) is 10.1. The van der Waals surface area contributed by atoms with Crippen molar-refractivity contribution in [2.45, 2.75) is 16.8 Å². The van der Waals surface area contributed by atoms with Gasteiger partial charge in [0.1, 0.15) is 0 Å². The van der Waals surface area contributed by atoms with Crippen LogP contribution in [0.25, 0.3) is 0 Å². The molecule has 0 fully saturated rings. The van der Waals surface area contributed by atoms with Crippen molar-refractivity contribution in [3.63, 3.8) is 0 Å². The molecule has 2 N–H and O–H groups in total. The summed E-state index contributed by atoms with van der Waals surface area (Å²) < 4.78 is 50.8. The Balaban J connectivity index is 2.24. The lowest BCUT2D eigenvalue weighted by molar-refractivity contribution is -0.137. The maximum absolute atomic E-state index is 12.6. The van der Waals surface area contributed by atoms with E-state index in [0.29, 0.717) is 0 Å². The van der Waals surface area contributed by atoms with Crippen molar-refractivity contribution in [3.8, 4) is 0 Å². The van der Waals surface area contributed by atoms with Gasteiger partial charge in [-0.3, -0.25) is 4.21 Å². The van der Waals surface area contributed by atoms with Crippen LogP contribution in [-0.4, -0.2) is 4.21 Å². The summed E-state index contributed by atoms with van der Waals surface area (Å²) in [4.78, 5) is 0.211. The largest absolute Gasteiger partial charge is 0.416 e. The zero-order valence-corrected chi connectivity index (χ0v) is 13.1. The van der Waals surface area contributed by atoms with E-state index in [9.17, 15) is 17.4 Å². The molecule has 21 heavy (non-hydrogen) atoms. The minimum atomic E-state index is -4.46. The van der Waals surface area contributed by atoms with E-state index in [1.807, 2.05) is 6.07 Å². The molecule has 2 aromatic rings. The average molecular weight is 378 g/mol. The van der Waals surface area contributed by atoms with Crippen LogP contribution in [0.4, 0.5) is 18.9 Å². The van der Waals surface area contributed by atoms with Crippen LogP contribution in [0.1, 0.15) is 11.1 Å². The van der Waals surface area contributed by atoms with Gasteiger partial charge in [-0.1, -0.05) is 28.1 Å². The van der Waals surface area contributed by atoms with Gasteiger partial charge in [-0.05, 0) is 35.9 Å². The monoisotopic (exact) mass is 377 g/mol. The summed E-state index contributed by atoms with van der Waals surface area (Å²) in [5.41, 5.74) is 5.45. The summed E-state index contributed by atoms with van der Waals surface area (Å²) in [6.45, 7) is 0. The molecule has 0 aliphatic rings. The van der Waals surface area contributed by atoms with E-state index in [4.69, 9.17) is 5.73 Å². The number of rotatable bonds is 3. The number of alkyl halides is 3. The average Bonchev–Trinajstić information content (AvgIpc) is 2.37. The minimum Gasteiger partial charge on any atom is -0.398 e. The molecule has 1 atom stereocenters. The summed E-state index contributed by atoms with van der Waals surface area (Å²) >= 11 is 3.31. The predicted octanol–water partition coefficient (Wildman–Crippen LogP) is 4.36. The molecule has 0 aliphatic carbocycles. The van der Waals surface area contributed by atoms with Crippen LogP contribution in [0, 0.1) is 0 Å². The molecule has 0 saturated carbocycles. The van der Waals surface area contributed by atoms with E-state index in [-0.39, 0.29) is 16.3 Å². The van der Waals surface area contributed by atoms with E-state index in [0.717, 1.165) is 22.2 Å². The van der Waals surface area contributed by atoms with Crippen molar-refractivity contribution >= 4 is 32.4 Å². The highest BCUT2D eigenvalue weighted by molar-refractivity contribution is 9.10. The molecule has 7 heteroatoms. The predicted molar refractivity (Wildman–Crippen MR) is 80.1 cm³/mol. The molecule has 1 unspecified atom stereocenters. The van der Waals surface area contributed by atoms with Gasteiger partial charge in [0.15, 0.2) is 0 Å². The van der Waals surface area contributed by atoms with Crippen LogP contribution in [0.3, 0.4) is 0 Å². The van der Waals surface area contributed by atoms with Gasteiger partial charge in [-0.2, -0.15) is 13.2 Å². The number of nitrogen functional groups attached to an aromatic ring is 1. The second kappa shape index (κ2) is 6.19. The van der Waals surface area contributed by atoms with E-state index in [2.05, 4.69) is 15.9 Å². The normalized spacial score (nSPS) is 13.1. The van der Waals surface area contributed by atoms with Crippen molar-refractivity contribution in [1.82, 2.24) is 0 Å². The van der Waals surface area contributed by atoms with Gasteiger partial charge in [-0.25, -0.2) is 0 Å². The topological polar surface area (TPSA) is 43.1 Å². The number of anilines is 1. The summed E-state index contributed by atoms with van der Waals surface area (Å²) in [6.07, 6.45) is -4.46. The molecule has 0 aromatic heterocycles. The Labute approximate surface area is 130 Å². The first-order valence-electron chi connectivity index (χ1n) is 5.87. The summed E-state index contributed by atoms with van der Waals surface area (Å²) in [5.74, 6) is 0.189. The van der Waals surface area contributed by atoms with Crippen LogP contribution >= 0.6 is 15.9 Å². The highest BCUT2D eigenvalue weighted by Crippen LogP contribution is 2.32. The van der Waals surface area contributed by atoms with Crippen molar-refractivity contribution in [2.24, 2.45) is 0 Å². The van der Waals surface area contributed by atoms with Gasteiger partial charge in [0.2, 0.25) is 0 Å². The van der Waals surface area contributed by atoms with Crippen LogP contribution in [0.15, 0.2) is 51.8 Å². The molecular formula is C14H11BrF3NOS. The Morgan fingerprint density at radius 2 is 1.86 bits per heavy atom. The van der Waals surface area contributed by atoms with Crippen LogP contribution in [0.5, 0.6) is 0 Å². The van der Waals surface area contributed by atoms with E-state index >= 15 is 0 Å². The minimum absolute atomic E-state index is 0.113. The maximum Gasteiger partial charge on any atom is 0.416 e. The number of halogens is 4. The van der Waals surface area contributed by atoms with Crippen molar-refractivity contribution in [2.75, 3.05) is 5.73 Å². The molecular weight excluding hydrogens is 367 g/mol. The zero-order valence-electron chi connectivity index (χ0n) is 10.7. The Bertz CT molecular complexity index is 688. The molecule has 0 spiro atoms. The molecule has 2 nitrogen and oxygen atoms in total. The fraction of sp³-hybridized carbons (Fsp3) is 0.143. The van der Waals surface area contributed by atoms with Gasteiger partial charge in [-0.15, -0.1) is 0 Å². The highest BCUT2D eigenvalue weighted by Gasteiger charge is 2.31. The fourth-order valence-electron chi connectivity index (χ4n) is 1.79. The number of benzene rings is 2. The molecule has 0 saturated heterocycles. The first-order valence-corrected chi connectivity index (χ1v) is 7.98. The number of hydrogen-bond acceptors (Lipinski definition) is 2. The van der Waals surface area contributed by atoms with Gasteiger partial charge in [0.25, 0.3) is 0 Å². The standard InChI is InChI=1S/C14H11BrF3NOS/c15-11-3-1-2-9(6-11)8-21(20)13-5-4-10(7-12(13)19)14(16,17)18/h1-7H,8,19H2. The Hall–Kier alpha value is -1.34. The van der Waals surface area contributed by atoms with Crippen LogP contribution < -0.4 is 5.73 Å². The van der Waals surface area contributed by atoms with E-state index in [1.165, 1.54) is 6.07 Å².